The van der Waals surface area contributed by atoms with E-state index in [1.165, 1.54) is 17.4 Å². The minimum Gasteiger partial charge on any atom is -0.493 e. The van der Waals surface area contributed by atoms with Gasteiger partial charge in [0.1, 0.15) is 17.7 Å². The molecule has 3 fully saturated rings. The molecule has 0 N–H and O–H groups in total. The van der Waals surface area contributed by atoms with Gasteiger partial charge < -0.3 is 19.3 Å². The van der Waals surface area contributed by atoms with Gasteiger partial charge in [-0.15, -0.1) is 0 Å². The van der Waals surface area contributed by atoms with Crippen LogP contribution in [-0.2, 0) is 22.6 Å². The van der Waals surface area contributed by atoms with E-state index in [0.29, 0.717) is 37.1 Å². The Labute approximate surface area is 217 Å². The van der Waals surface area contributed by atoms with Crippen molar-refractivity contribution in [2.45, 2.75) is 51.8 Å². The number of nitrogens with zero attached hydrogens (tertiary/aromatic N) is 4. The van der Waals surface area contributed by atoms with Gasteiger partial charge in [-0.3, -0.25) is 4.79 Å². The van der Waals surface area contributed by atoms with E-state index < -0.39 is 12.0 Å². The monoisotopic (exact) mass is 514 g/mol. The minimum absolute atomic E-state index is 0.0489. The molecular formula is C28H36F2N4O3. The van der Waals surface area contributed by atoms with Gasteiger partial charge in [-0.25, -0.2) is 18.7 Å². The SMILES string of the molecule is CCOCc1cnc(N2CCC(C3CC3CCOc3ccc(CC(=O)N4CC(F)C4)c(F)c3)CC2)nc1. The van der Waals surface area contributed by atoms with Gasteiger partial charge in [-0.05, 0) is 62.0 Å². The standard InChI is InChI=1S/C28H36F2N4O3/c1-2-36-18-19-14-31-28(32-15-19)33-8-5-20(6-9-33)25-11-21(25)7-10-37-24-4-3-22(26(30)13-24)12-27(35)34-16-23(29)17-34/h3-4,13-15,20-21,23,25H,2,5-12,16-18H2,1H3. The van der Waals surface area contributed by atoms with Gasteiger partial charge in [0.15, 0.2) is 0 Å². The van der Waals surface area contributed by atoms with Crippen molar-refractivity contribution in [2.75, 3.05) is 44.3 Å². The second-order valence-electron chi connectivity index (χ2n) is 10.5. The molecule has 0 spiro atoms. The second-order valence-corrected chi connectivity index (χ2v) is 10.5. The Kier molecular flexibility index (Phi) is 8.17. The maximum absolute atomic E-state index is 14.5. The number of ether oxygens (including phenoxy) is 2. The number of halogens is 2. The number of hydrogen-bond acceptors (Lipinski definition) is 6. The third-order valence-electron chi connectivity index (χ3n) is 7.88. The lowest BCUT2D eigenvalue weighted by molar-refractivity contribution is -0.137. The van der Waals surface area contributed by atoms with Crippen LogP contribution >= 0.6 is 0 Å². The maximum atomic E-state index is 14.5. The van der Waals surface area contributed by atoms with Crippen LogP contribution in [0.4, 0.5) is 14.7 Å². The molecule has 37 heavy (non-hydrogen) atoms. The number of alkyl halides is 1. The average Bonchev–Trinajstić information content (AvgIpc) is 3.67. The molecule has 5 rings (SSSR count). The van der Waals surface area contributed by atoms with Crippen molar-refractivity contribution in [2.24, 2.45) is 17.8 Å². The van der Waals surface area contributed by atoms with E-state index in [1.54, 1.807) is 12.1 Å². The zero-order valence-corrected chi connectivity index (χ0v) is 21.5. The van der Waals surface area contributed by atoms with E-state index in [9.17, 15) is 13.6 Å². The first kappa shape index (κ1) is 25.8. The van der Waals surface area contributed by atoms with E-state index in [1.807, 2.05) is 19.3 Å². The predicted octanol–water partition coefficient (Wildman–Crippen LogP) is 4.20. The summed E-state index contributed by atoms with van der Waals surface area (Å²) in [6.45, 7) is 5.96. The predicted molar refractivity (Wildman–Crippen MR) is 136 cm³/mol. The smallest absolute Gasteiger partial charge is 0.227 e. The molecular weight excluding hydrogens is 478 g/mol. The Hall–Kier alpha value is -2.81. The van der Waals surface area contributed by atoms with Crippen LogP contribution in [0.15, 0.2) is 30.6 Å². The van der Waals surface area contributed by atoms with Crippen LogP contribution in [0.1, 0.15) is 43.7 Å². The van der Waals surface area contributed by atoms with Crippen LogP contribution in [0, 0.1) is 23.6 Å². The molecule has 2 aromatic rings. The van der Waals surface area contributed by atoms with Crippen LogP contribution in [0.3, 0.4) is 0 Å². The molecule has 7 nitrogen and oxygen atoms in total. The number of benzene rings is 1. The van der Waals surface area contributed by atoms with Crippen LogP contribution in [0.2, 0.25) is 0 Å². The fourth-order valence-electron chi connectivity index (χ4n) is 5.51. The average molecular weight is 515 g/mol. The molecule has 0 radical (unpaired) electrons. The normalized spacial score (nSPS) is 22.1. The summed E-state index contributed by atoms with van der Waals surface area (Å²) in [6.07, 6.45) is 7.23. The van der Waals surface area contributed by atoms with Crippen molar-refractivity contribution < 1.29 is 23.0 Å². The number of hydrogen-bond donors (Lipinski definition) is 0. The highest BCUT2D eigenvalue weighted by molar-refractivity contribution is 5.79. The van der Waals surface area contributed by atoms with Gasteiger partial charge in [0.05, 0.1) is 32.7 Å². The summed E-state index contributed by atoms with van der Waals surface area (Å²) < 4.78 is 38.6. The number of likely N-dealkylation sites (tertiary alicyclic amines) is 1. The number of amides is 1. The van der Waals surface area contributed by atoms with E-state index in [2.05, 4.69) is 14.9 Å². The molecule has 3 aliphatic rings. The zero-order valence-electron chi connectivity index (χ0n) is 21.5. The Balaban J connectivity index is 0.999. The molecule has 2 aliphatic heterocycles. The number of rotatable bonds is 11. The van der Waals surface area contributed by atoms with Gasteiger partial charge in [-0.1, -0.05) is 6.07 Å². The largest absolute Gasteiger partial charge is 0.493 e. The van der Waals surface area contributed by atoms with Crippen molar-refractivity contribution in [1.29, 1.82) is 0 Å². The number of aromatic nitrogens is 2. The van der Waals surface area contributed by atoms with Gasteiger partial charge >= 0.3 is 0 Å². The highest BCUT2D eigenvalue weighted by Crippen LogP contribution is 2.49. The molecule has 200 valence electrons. The Morgan fingerprint density at radius 1 is 1.16 bits per heavy atom. The summed E-state index contributed by atoms with van der Waals surface area (Å²) in [6, 6.07) is 4.66. The topological polar surface area (TPSA) is 67.8 Å². The lowest BCUT2D eigenvalue weighted by Crippen LogP contribution is -2.52. The van der Waals surface area contributed by atoms with Crippen molar-refractivity contribution in [3.05, 3.63) is 47.5 Å². The van der Waals surface area contributed by atoms with Gasteiger partial charge in [-0.2, -0.15) is 0 Å². The molecule has 3 heterocycles. The van der Waals surface area contributed by atoms with Crippen LogP contribution in [-0.4, -0.2) is 66.3 Å². The first-order chi connectivity index (χ1) is 18.0. The first-order valence-corrected chi connectivity index (χ1v) is 13.5. The number of anilines is 1. The summed E-state index contributed by atoms with van der Waals surface area (Å²) >= 11 is 0. The highest BCUT2D eigenvalue weighted by Gasteiger charge is 2.43. The lowest BCUT2D eigenvalue weighted by Gasteiger charge is -2.34. The Morgan fingerprint density at radius 2 is 1.92 bits per heavy atom. The van der Waals surface area contributed by atoms with Crippen molar-refractivity contribution in [3.63, 3.8) is 0 Å². The summed E-state index contributed by atoms with van der Waals surface area (Å²) in [4.78, 5) is 24.8. The van der Waals surface area contributed by atoms with Gasteiger partial charge in [0, 0.05) is 43.7 Å². The number of carbonyl (C=O) groups excluding carboxylic acids is 1. The molecule has 2 unspecified atom stereocenters. The molecule has 2 saturated heterocycles. The van der Waals surface area contributed by atoms with E-state index in [4.69, 9.17) is 9.47 Å². The highest BCUT2D eigenvalue weighted by atomic mass is 19.1. The lowest BCUT2D eigenvalue weighted by atomic mass is 9.90. The quantitative estimate of drug-likeness (QED) is 0.448. The van der Waals surface area contributed by atoms with Crippen molar-refractivity contribution in [3.8, 4) is 5.75 Å². The van der Waals surface area contributed by atoms with E-state index in [0.717, 1.165) is 55.7 Å². The molecule has 0 bridgehead atoms. The number of piperidine rings is 1. The molecule has 9 heteroatoms. The van der Waals surface area contributed by atoms with E-state index in [-0.39, 0.29) is 25.4 Å². The minimum atomic E-state index is -0.952. The third kappa shape index (κ3) is 6.55. The fourth-order valence-corrected chi connectivity index (χ4v) is 5.51. The van der Waals surface area contributed by atoms with Crippen LogP contribution in [0.25, 0.3) is 0 Å². The molecule has 1 aromatic heterocycles. The molecule has 1 amide bonds. The zero-order chi connectivity index (χ0) is 25.8. The number of carbonyl (C=O) groups is 1. The molecule has 2 atom stereocenters. The van der Waals surface area contributed by atoms with E-state index >= 15 is 0 Å². The summed E-state index contributed by atoms with van der Waals surface area (Å²) in [5.41, 5.74) is 1.32. The molecule has 1 aromatic carbocycles. The first-order valence-electron chi connectivity index (χ1n) is 13.5. The maximum Gasteiger partial charge on any atom is 0.227 e. The molecule has 1 saturated carbocycles. The molecule has 1 aliphatic carbocycles. The summed E-state index contributed by atoms with van der Waals surface area (Å²) in [7, 11) is 0. The third-order valence-corrected chi connectivity index (χ3v) is 7.88. The van der Waals surface area contributed by atoms with Gasteiger partial charge in [0.2, 0.25) is 11.9 Å². The Bertz CT molecular complexity index is 1060. The van der Waals surface area contributed by atoms with Crippen LogP contribution in [0.5, 0.6) is 5.75 Å². The summed E-state index contributed by atoms with van der Waals surface area (Å²) in [5, 5.41) is 0. The fraction of sp³-hybridized carbons (Fsp3) is 0.607. The Morgan fingerprint density at radius 3 is 2.59 bits per heavy atom. The summed E-state index contributed by atoms with van der Waals surface area (Å²) in [5.74, 6) is 2.74. The van der Waals surface area contributed by atoms with Crippen molar-refractivity contribution >= 4 is 11.9 Å². The second kappa shape index (κ2) is 11.7. The van der Waals surface area contributed by atoms with Crippen molar-refractivity contribution in [1.82, 2.24) is 14.9 Å². The van der Waals surface area contributed by atoms with Crippen LogP contribution < -0.4 is 9.64 Å². The van der Waals surface area contributed by atoms with Gasteiger partial charge in [0.25, 0.3) is 0 Å².